The second-order valence-corrected chi connectivity index (χ2v) is 6.41. The van der Waals surface area contributed by atoms with Crippen LogP contribution in [0.2, 0.25) is 0 Å². The van der Waals surface area contributed by atoms with Crippen molar-refractivity contribution < 1.29 is 9.53 Å². The van der Waals surface area contributed by atoms with Crippen LogP contribution < -0.4 is 4.74 Å². The maximum absolute atomic E-state index is 11.4. The van der Waals surface area contributed by atoms with Crippen molar-refractivity contribution in [2.45, 2.75) is 37.7 Å². The molecule has 0 bridgehead atoms. The molecule has 0 aromatic heterocycles. The highest BCUT2D eigenvalue weighted by atomic mass is 32.2. The lowest BCUT2D eigenvalue weighted by molar-refractivity contribution is -0.113. The largest absolute Gasteiger partial charge is 0.478 e. The Morgan fingerprint density at radius 2 is 1.73 bits per heavy atom. The van der Waals surface area contributed by atoms with Gasteiger partial charge < -0.3 is 4.74 Å². The number of ether oxygens (including phenoxy) is 1. The van der Waals surface area contributed by atoms with Gasteiger partial charge in [0.25, 0.3) is 0 Å². The summed E-state index contributed by atoms with van der Waals surface area (Å²) in [7, 11) is 0. The standard InChI is InChI=1S/C19H22O2S/c1-3-5-15-6-10-17(11-7-15)21-19(14-20)16-8-12-18(13-9-16)22-4-2/h6-14,19H,3-5H2,1-2H3. The van der Waals surface area contributed by atoms with Gasteiger partial charge in [0.2, 0.25) is 0 Å². The van der Waals surface area contributed by atoms with Crippen molar-refractivity contribution in [1.29, 1.82) is 0 Å². The fourth-order valence-corrected chi connectivity index (χ4v) is 2.93. The molecule has 2 aromatic rings. The third-order valence-corrected chi connectivity index (χ3v) is 4.26. The van der Waals surface area contributed by atoms with Crippen molar-refractivity contribution in [1.82, 2.24) is 0 Å². The molecule has 2 rings (SSSR count). The van der Waals surface area contributed by atoms with Gasteiger partial charge in [0.1, 0.15) is 5.75 Å². The Kier molecular flexibility index (Phi) is 6.53. The van der Waals surface area contributed by atoms with E-state index in [0.717, 1.165) is 36.2 Å². The Morgan fingerprint density at radius 3 is 2.27 bits per heavy atom. The fourth-order valence-electron chi connectivity index (χ4n) is 2.26. The average Bonchev–Trinajstić information content (AvgIpc) is 2.56. The fraction of sp³-hybridized carbons (Fsp3) is 0.316. The van der Waals surface area contributed by atoms with E-state index in [9.17, 15) is 4.79 Å². The monoisotopic (exact) mass is 314 g/mol. The summed E-state index contributed by atoms with van der Waals surface area (Å²) in [6.07, 6.45) is 2.48. The second-order valence-electron chi connectivity index (χ2n) is 5.07. The van der Waals surface area contributed by atoms with Gasteiger partial charge >= 0.3 is 0 Å². The van der Waals surface area contributed by atoms with Gasteiger partial charge in [-0.15, -0.1) is 11.8 Å². The molecule has 3 heteroatoms. The molecule has 116 valence electrons. The van der Waals surface area contributed by atoms with Gasteiger partial charge in [0, 0.05) is 4.90 Å². The molecule has 0 aliphatic carbocycles. The number of benzene rings is 2. The van der Waals surface area contributed by atoms with Gasteiger partial charge in [-0.1, -0.05) is 44.5 Å². The van der Waals surface area contributed by atoms with E-state index in [1.807, 2.05) is 36.4 Å². The number of thioether (sulfide) groups is 1. The van der Waals surface area contributed by atoms with E-state index in [1.54, 1.807) is 11.8 Å². The minimum absolute atomic E-state index is 0.558. The number of carbonyl (C=O) groups excluding carboxylic acids is 1. The highest BCUT2D eigenvalue weighted by Gasteiger charge is 2.12. The van der Waals surface area contributed by atoms with Gasteiger partial charge in [0.05, 0.1) is 0 Å². The van der Waals surface area contributed by atoms with Crippen LogP contribution in [0.5, 0.6) is 5.75 Å². The predicted molar refractivity (Wildman–Crippen MR) is 92.7 cm³/mol. The van der Waals surface area contributed by atoms with Crippen molar-refractivity contribution in [3.63, 3.8) is 0 Å². The van der Waals surface area contributed by atoms with Crippen LogP contribution in [-0.4, -0.2) is 12.0 Å². The topological polar surface area (TPSA) is 26.3 Å². The van der Waals surface area contributed by atoms with Gasteiger partial charge in [0.15, 0.2) is 12.4 Å². The quantitative estimate of drug-likeness (QED) is 0.502. The van der Waals surface area contributed by atoms with Gasteiger partial charge in [-0.25, -0.2) is 0 Å². The van der Waals surface area contributed by atoms with E-state index in [0.29, 0.717) is 0 Å². The first kappa shape index (κ1) is 16.6. The molecule has 0 saturated heterocycles. The third-order valence-electron chi connectivity index (χ3n) is 3.37. The number of carbonyl (C=O) groups is 1. The Labute approximate surface area is 136 Å². The molecule has 0 heterocycles. The predicted octanol–water partition coefficient (Wildman–Crippen LogP) is 5.07. The molecule has 0 saturated carbocycles. The van der Waals surface area contributed by atoms with Crippen LogP contribution in [0.15, 0.2) is 53.4 Å². The summed E-state index contributed by atoms with van der Waals surface area (Å²) < 4.78 is 5.81. The highest BCUT2D eigenvalue weighted by molar-refractivity contribution is 7.99. The number of aldehydes is 1. The summed E-state index contributed by atoms with van der Waals surface area (Å²) in [4.78, 5) is 12.6. The molecule has 0 spiro atoms. The summed E-state index contributed by atoms with van der Waals surface area (Å²) in [6, 6.07) is 16.0. The van der Waals surface area contributed by atoms with Crippen LogP contribution in [0.1, 0.15) is 37.5 Å². The normalized spacial score (nSPS) is 11.9. The maximum atomic E-state index is 11.4. The summed E-state index contributed by atoms with van der Waals surface area (Å²) >= 11 is 1.78. The first-order chi connectivity index (χ1) is 10.8. The number of hydrogen-bond donors (Lipinski definition) is 0. The lowest BCUT2D eigenvalue weighted by Crippen LogP contribution is -2.08. The van der Waals surface area contributed by atoms with Gasteiger partial charge in [-0.2, -0.15) is 0 Å². The number of rotatable bonds is 8. The lowest BCUT2D eigenvalue weighted by Gasteiger charge is -2.14. The minimum atomic E-state index is -0.558. The molecule has 0 aliphatic heterocycles. The first-order valence-corrected chi connectivity index (χ1v) is 8.69. The summed E-state index contributed by atoms with van der Waals surface area (Å²) in [5, 5.41) is 0. The molecule has 0 amide bonds. The molecule has 0 radical (unpaired) electrons. The van der Waals surface area contributed by atoms with Crippen LogP contribution in [0.25, 0.3) is 0 Å². The smallest absolute Gasteiger partial charge is 0.179 e. The SMILES string of the molecule is CCCc1ccc(OC(C=O)c2ccc(SCC)cc2)cc1. The van der Waals surface area contributed by atoms with Crippen molar-refractivity contribution >= 4 is 18.0 Å². The van der Waals surface area contributed by atoms with Crippen LogP contribution >= 0.6 is 11.8 Å². The molecule has 2 nitrogen and oxygen atoms in total. The van der Waals surface area contributed by atoms with Crippen LogP contribution in [0.3, 0.4) is 0 Å². The molecule has 1 unspecified atom stereocenters. The lowest BCUT2D eigenvalue weighted by atomic mass is 10.1. The zero-order chi connectivity index (χ0) is 15.8. The first-order valence-electron chi connectivity index (χ1n) is 7.70. The summed E-state index contributed by atoms with van der Waals surface area (Å²) in [6.45, 7) is 4.28. The van der Waals surface area contributed by atoms with E-state index >= 15 is 0 Å². The zero-order valence-corrected chi connectivity index (χ0v) is 13.9. The van der Waals surface area contributed by atoms with E-state index in [1.165, 1.54) is 10.5 Å². The molecule has 1 atom stereocenters. The van der Waals surface area contributed by atoms with Gasteiger partial charge in [-0.3, -0.25) is 4.79 Å². The Balaban J connectivity index is 2.06. The summed E-state index contributed by atoms with van der Waals surface area (Å²) in [5.41, 5.74) is 2.17. The van der Waals surface area contributed by atoms with Crippen molar-refractivity contribution in [3.05, 3.63) is 59.7 Å². The Hall–Kier alpha value is -1.74. The maximum Gasteiger partial charge on any atom is 0.179 e. The van der Waals surface area contributed by atoms with Crippen LogP contribution in [0.4, 0.5) is 0 Å². The zero-order valence-electron chi connectivity index (χ0n) is 13.1. The molecule has 0 N–H and O–H groups in total. The van der Waals surface area contributed by atoms with Gasteiger partial charge in [-0.05, 0) is 47.6 Å². The van der Waals surface area contributed by atoms with Crippen molar-refractivity contribution in [2.24, 2.45) is 0 Å². The third kappa shape index (κ3) is 4.63. The molecule has 2 aromatic carbocycles. The van der Waals surface area contributed by atoms with E-state index < -0.39 is 6.10 Å². The van der Waals surface area contributed by atoms with Crippen LogP contribution in [-0.2, 0) is 11.2 Å². The Bertz CT molecular complexity index is 575. The minimum Gasteiger partial charge on any atom is -0.478 e. The molecular formula is C19H22O2S. The molecule has 22 heavy (non-hydrogen) atoms. The number of aryl methyl sites for hydroxylation is 1. The highest BCUT2D eigenvalue weighted by Crippen LogP contribution is 2.24. The van der Waals surface area contributed by atoms with Crippen molar-refractivity contribution in [3.8, 4) is 5.75 Å². The van der Waals surface area contributed by atoms with Crippen LogP contribution in [0, 0.1) is 0 Å². The van der Waals surface area contributed by atoms with E-state index in [-0.39, 0.29) is 0 Å². The molecule has 0 aliphatic rings. The molecular weight excluding hydrogens is 292 g/mol. The Morgan fingerprint density at radius 1 is 1.05 bits per heavy atom. The van der Waals surface area contributed by atoms with Crippen molar-refractivity contribution in [2.75, 3.05) is 5.75 Å². The van der Waals surface area contributed by atoms with E-state index in [4.69, 9.17) is 4.74 Å². The average molecular weight is 314 g/mol. The molecule has 0 fully saturated rings. The summed E-state index contributed by atoms with van der Waals surface area (Å²) in [5.74, 6) is 1.76. The number of hydrogen-bond acceptors (Lipinski definition) is 3. The second kappa shape index (κ2) is 8.64. The van der Waals surface area contributed by atoms with E-state index in [2.05, 4.69) is 26.0 Å².